The second-order valence-corrected chi connectivity index (χ2v) is 6.89. The van der Waals surface area contributed by atoms with Crippen LogP contribution < -0.4 is 0 Å². The van der Waals surface area contributed by atoms with Crippen LogP contribution in [0.2, 0.25) is 0 Å². The van der Waals surface area contributed by atoms with E-state index in [0.29, 0.717) is 0 Å². The summed E-state index contributed by atoms with van der Waals surface area (Å²) >= 11 is 0. The maximum atomic E-state index is 4.09. The van der Waals surface area contributed by atoms with Crippen LogP contribution in [-0.2, 0) is 0 Å². The second-order valence-electron chi connectivity index (χ2n) is 6.89. The van der Waals surface area contributed by atoms with E-state index in [1.165, 1.54) is 38.9 Å². The summed E-state index contributed by atoms with van der Waals surface area (Å²) in [5.74, 6) is 0. The first-order chi connectivity index (χ1) is 13.2. The quantitative estimate of drug-likeness (QED) is 0.355. The fourth-order valence-corrected chi connectivity index (χ4v) is 3.35. The Morgan fingerprint density at radius 3 is 1.41 bits per heavy atom. The Balaban J connectivity index is 1.91. The van der Waals surface area contributed by atoms with E-state index in [0.717, 1.165) is 5.57 Å². The molecule has 0 aliphatic rings. The van der Waals surface area contributed by atoms with E-state index < -0.39 is 0 Å². The molecule has 0 unspecified atom stereocenters. The van der Waals surface area contributed by atoms with E-state index in [1.54, 1.807) is 0 Å². The number of allylic oxidation sites excluding steroid dienone is 1. The molecule has 0 nitrogen and oxygen atoms in total. The zero-order valence-electron chi connectivity index (χ0n) is 15.5. The molecule has 0 aliphatic carbocycles. The lowest BCUT2D eigenvalue weighted by Crippen LogP contribution is -1.87. The third kappa shape index (κ3) is 3.75. The number of benzene rings is 4. The van der Waals surface area contributed by atoms with Crippen molar-refractivity contribution < 1.29 is 0 Å². The van der Waals surface area contributed by atoms with Crippen molar-refractivity contribution in [1.29, 1.82) is 0 Å². The van der Waals surface area contributed by atoms with Crippen molar-refractivity contribution in [2.75, 3.05) is 0 Å². The van der Waals surface area contributed by atoms with Gasteiger partial charge in [-0.2, -0.15) is 0 Å². The predicted octanol–water partition coefficient (Wildman–Crippen LogP) is 7.72. The summed E-state index contributed by atoms with van der Waals surface area (Å²) < 4.78 is 0. The van der Waals surface area contributed by atoms with Gasteiger partial charge in [0.2, 0.25) is 0 Å². The summed E-state index contributed by atoms with van der Waals surface area (Å²) in [4.78, 5) is 0. The molecular weight excluding hydrogens is 324 g/mol. The van der Waals surface area contributed by atoms with Gasteiger partial charge in [0.25, 0.3) is 0 Å². The molecule has 130 valence electrons. The molecule has 0 heterocycles. The summed E-state index contributed by atoms with van der Waals surface area (Å²) in [6.45, 7) is 6.14. The molecule has 0 saturated carbocycles. The minimum absolute atomic E-state index is 1.08. The van der Waals surface area contributed by atoms with Crippen molar-refractivity contribution in [2.45, 2.75) is 6.92 Å². The molecule has 0 spiro atoms. The summed E-state index contributed by atoms with van der Waals surface area (Å²) in [7, 11) is 0. The van der Waals surface area contributed by atoms with Crippen LogP contribution in [0, 0.1) is 0 Å². The van der Waals surface area contributed by atoms with Gasteiger partial charge in [0.05, 0.1) is 0 Å². The van der Waals surface area contributed by atoms with Gasteiger partial charge in [-0.1, -0.05) is 91.0 Å². The maximum absolute atomic E-state index is 4.09. The molecule has 4 rings (SSSR count). The Bertz CT molecular complexity index is 1020. The molecule has 0 aliphatic heterocycles. The van der Waals surface area contributed by atoms with Crippen LogP contribution in [0.4, 0.5) is 0 Å². The van der Waals surface area contributed by atoms with E-state index >= 15 is 0 Å². The first kappa shape index (κ1) is 17.1. The average Bonchev–Trinajstić information content (AvgIpc) is 2.75. The SMILES string of the molecule is C=C(C)c1cccc(-c2cc(-c3ccccc3)cc(-c3ccccc3)c2)c1. The lowest BCUT2D eigenvalue weighted by molar-refractivity contribution is 1.54. The van der Waals surface area contributed by atoms with Crippen molar-refractivity contribution in [3.63, 3.8) is 0 Å². The topological polar surface area (TPSA) is 0 Å². The minimum atomic E-state index is 1.08. The standard InChI is InChI=1S/C27H22/c1-20(2)23-14-9-15-24(16-23)27-18-25(21-10-5-3-6-11-21)17-26(19-27)22-12-7-4-8-13-22/h3-19H,1H2,2H3. The van der Waals surface area contributed by atoms with Crippen molar-refractivity contribution >= 4 is 5.57 Å². The van der Waals surface area contributed by atoms with Gasteiger partial charge in [0, 0.05) is 0 Å². The third-order valence-corrected chi connectivity index (χ3v) is 4.84. The summed E-state index contributed by atoms with van der Waals surface area (Å²) in [5, 5.41) is 0. The van der Waals surface area contributed by atoms with E-state index in [-0.39, 0.29) is 0 Å². The van der Waals surface area contributed by atoms with Crippen LogP contribution in [0.25, 0.3) is 39.0 Å². The van der Waals surface area contributed by atoms with Gasteiger partial charge < -0.3 is 0 Å². The smallest absolute Gasteiger partial charge is 0.0171 e. The molecule has 0 atom stereocenters. The summed E-state index contributed by atoms with van der Waals surface area (Å²) in [5.41, 5.74) is 9.61. The Morgan fingerprint density at radius 2 is 0.926 bits per heavy atom. The minimum Gasteiger partial charge on any atom is -0.0955 e. The highest BCUT2D eigenvalue weighted by Crippen LogP contribution is 2.33. The molecule has 0 heteroatoms. The first-order valence-corrected chi connectivity index (χ1v) is 9.23. The van der Waals surface area contributed by atoms with Gasteiger partial charge in [-0.25, -0.2) is 0 Å². The zero-order chi connectivity index (χ0) is 18.6. The van der Waals surface area contributed by atoms with Crippen LogP contribution in [0.3, 0.4) is 0 Å². The third-order valence-electron chi connectivity index (χ3n) is 4.84. The molecule has 0 saturated heterocycles. The van der Waals surface area contributed by atoms with E-state index in [2.05, 4.69) is 117 Å². The van der Waals surface area contributed by atoms with Gasteiger partial charge >= 0.3 is 0 Å². The van der Waals surface area contributed by atoms with Crippen molar-refractivity contribution in [2.24, 2.45) is 0 Å². The Morgan fingerprint density at radius 1 is 0.481 bits per heavy atom. The summed E-state index contributed by atoms with van der Waals surface area (Å²) in [6.07, 6.45) is 0. The number of hydrogen-bond acceptors (Lipinski definition) is 0. The molecule has 4 aromatic carbocycles. The highest BCUT2D eigenvalue weighted by molar-refractivity contribution is 5.82. The van der Waals surface area contributed by atoms with E-state index in [9.17, 15) is 0 Å². The molecule has 0 radical (unpaired) electrons. The molecule has 0 aromatic heterocycles. The van der Waals surface area contributed by atoms with Gasteiger partial charge in [-0.15, -0.1) is 0 Å². The van der Waals surface area contributed by atoms with E-state index in [4.69, 9.17) is 0 Å². The normalized spacial score (nSPS) is 10.6. The Kier molecular flexibility index (Phi) is 4.72. The van der Waals surface area contributed by atoms with Crippen molar-refractivity contribution in [3.8, 4) is 33.4 Å². The molecular formula is C27H22. The van der Waals surface area contributed by atoms with Crippen molar-refractivity contribution in [3.05, 3.63) is 115 Å². The average molecular weight is 346 g/mol. The van der Waals surface area contributed by atoms with Crippen LogP contribution >= 0.6 is 0 Å². The lowest BCUT2D eigenvalue weighted by atomic mass is 9.92. The van der Waals surface area contributed by atoms with Crippen LogP contribution in [0.1, 0.15) is 12.5 Å². The van der Waals surface area contributed by atoms with Crippen LogP contribution in [-0.4, -0.2) is 0 Å². The van der Waals surface area contributed by atoms with Crippen LogP contribution in [0.15, 0.2) is 110 Å². The molecule has 0 N–H and O–H groups in total. The van der Waals surface area contributed by atoms with Gasteiger partial charge in [-0.05, 0) is 70.1 Å². The Labute approximate surface area is 161 Å². The molecule has 27 heavy (non-hydrogen) atoms. The monoisotopic (exact) mass is 346 g/mol. The fraction of sp³-hybridized carbons (Fsp3) is 0.0370. The van der Waals surface area contributed by atoms with Crippen LogP contribution in [0.5, 0.6) is 0 Å². The fourth-order valence-electron chi connectivity index (χ4n) is 3.35. The number of rotatable bonds is 4. The highest BCUT2D eigenvalue weighted by atomic mass is 14.1. The molecule has 4 aromatic rings. The second kappa shape index (κ2) is 7.47. The lowest BCUT2D eigenvalue weighted by Gasteiger charge is -2.12. The first-order valence-electron chi connectivity index (χ1n) is 9.23. The number of hydrogen-bond donors (Lipinski definition) is 0. The maximum Gasteiger partial charge on any atom is -0.0171 e. The van der Waals surface area contributed by atoms with E-state index in [1.807, 2.05) is 0 Å². The van der Waals surface area contributed by atoms with Crippen molar-refractivity contribution in [1.82, 2.24) is 0 Å². The zero-order valence-corrected chi connectivity index (χ0v) is 15.5. The molecule has 0 fully saturated rings. The molecule has 0 amide bonds. The Hall–Kier alpha value is -3.38. The van der Waals surface area contributed by atoms with Gasteiger partial charge in [0.15, 0.2) is 0 Å². The predicted molar refractivity (Wildman–Crippen MR) is 117 cm³/mol. The molecule has 0 bridgehead atoms. The van der Waals surface area contributed by atoms with Gasteiger partial charge in [0.1, 0.15) is 0 Å². The summed E-state index contributed by atoms with van der Waals surface area (Å²) in [6, 6.07) is 36.6. The largest absolute Gasteiger partial charge is 0.0955 e. The van der Waals surface area contributed by atoms with Gasteiger partial charge in [-0.3, -0.25) is 0 Å². The highest BCUT2D eigenvalue weighted by Gasteiger charge is 2.08.